The number of aryl methyl sites for hydroxylation is 1. The normalized spacial score (nSPS) is 18.4. The van der Waals surface area contributed by atoms with Gasteiger partial charge in [-0.2, -0.15) is 0 Å². The number of benzene rings is 4. The maximum Gasteiger partial charge on any atom is 0.0458 e. The Morgan fingerprint density at radius 3 is 2.11 bits per heavy atom. The second kappa shape index (κ2) is 17.9. The molecule has 4 aromatic carbocycles. The Labute approximate surface area is 338 Å². The number of nitrogens with zero attached hydrogens (tertiary/aromatic N) is 1. The van der Waals surface area contributed by atoms with Crippen molar-refractivity contribution >= 4 is 27.7 Å². The van der Waals surface area contributed by atoms with Crippen LogP contribution in [-0.4, -0.2) is 6.04 Å². The molecule has 0 saturated carbocycles. The molecule has 292 valence electrons. The van der Waals surface area contributed by atoms with Gasteiger partial charge in [-0.25, -0.2) is 0 Å². The van der Waals surface area contributed by atoms with Gasteiger partial charge in [-0.15, -0.1) is 0 Å². The molecule has 4 aromatic rings. The van der Waals surface area contributed by atoms with Crippen LogP contribution < -0.4 is 21.1 Å². The molecule has 1 aliphatic carbocycles. The molecule has 2 heteroatoms. The maximum atomic E-state index is 6.76. The van der Waals surface area contributed by atoms with Gasteiger partial charge in [0.2, 0.25) is 0 Å². The Balaban J connectivity index is 1.95. The van der Waals surface area contributed by atoms with E-state index in [4.69, 9.17) is 5.73 Å². The predicted molar refractivity (Wildman–Crippen MR) is 248 cm³/mol. The number of hydrogen-bond acceptors (Lipinski definition) is 2. The van der Waals surface area contributed by atoms with E-state index in [9.17, 15) is 0 Å². The van der Waals surface area contributed by atoms with E-state index in [0.29, 0.717) is 5.92 Å². The second-order valence-corrected chi connectivity index (χ2v) is 17.5. The van der Waals surface area contributed by atoms with Gasteiger partial charge in [-0.05, 0) is 117 Å². The number of hydrogen-bond donors (Lipinski definition) is 1. The third-order valence-corrected chi connectivity index (χ3v) is 11.4. The summed E-state index contributed by atoms with van der Waals surface area (Å²) in [6.45, 7) is 29.0. The highest BCUT2D eigenvalue weighted by Crippen LogP contribution is 2.34. The number of rotatable bonds is 11. The molecule has 0 aliphatic heterocycles. The summed E-state index contributed by atoms with van der Waals surface area (Å²) in [5.41, 5.74) is 18.0. The number of nitrogens with two attached hydrogens (primary N) is 1. The molecule has 0 aromatic heterocycles. The summed E-state index contributed by atoms with van der Waals surface area (Å²) in [6.07, 6.45) is 21.7. The van der Waals surface area contributed by atoms with E-state index in [1.807, 2.05) is 6.08 Å². The van der Waals surface area contributed by atoms with Gasteiger partial charge in [0, 0.05) is 34.3 Å². The van der Waals surface area contributed by atoms with Gasteiger partial charge >= 0.3 is 0 Å². The molecule has 0 radical (unpaired) electrons. The first-order valence-corrected chi connectivity index (χ1v) is 20.7. The molecule has 0 heterocycles. The Kier molecular flexibility index (Phi) is 13.5. The fourth-order valence-corrected chi connectivity index (χ4v) is 7.88. The lowest BCUT2D eigenvalue weighted by Crippen LogP contribution is -2.29. The van der Waals surface area contributed by atoms with Crippen LogP contribution in [-0.2, 0) is 11.8 Å². The van der Waals surface area contributed by atoms with Gasteiger partial charge in [0.1, 0.15) is 0 Å². The quantitative estimate of drug-likeness (QED) is 0.155. The molecule has 0 bridgehead atoms. The summed E-state index contributed by atoms with van der Waals surface area (Å²) >= 11 is 0. The molecule has 0 fully saturated rings. The van der Waals surface area contributed by atoms with Gasteiger partial charge in [0.15, 0.2) is 0 Å². The average molecular weight is 743 g/mol. The summed E-state index contributed by atoms with van der Waals surface area (Å²) < 4.78 is 0. The molecule has 2 nitrogen and oxygen atoms in total. The fourth-order valence-electron chi connectivity index (χ4n) is 7.88. The van der Waals surface area contributed by atoms with Gasteiger partial charge in [0.25, 0.3) is 0 Å². The third-order valence-electron chi connectivity index (χ3n) is 11.4. The highest BCUT2D eigenvalue weighted by molar-refractivity contribution is 6.01. The molecular formula is C54H66N2. The van der Waals surface area contributed by atoms with Crippen molar-refractivity contribution in [2.24, 2.45) is 23.0 Å². The lowest BCUT2D eigenvalue weighted by atomic mass is 9.79. The molecule has 5 rings (SSSR count). The maximum absolute atomic E-state index is 6.76. The zero-order valence-corrected chi connectivity index (χ0v) is 36.1. The van der Waals surface area contributed by atoms with Crippen LogP contribution in [0.2, 0.25) is 0 Å². The van der Waals surface area contributed by atoms with Crippen LogP contribution in [0.1, 0.15) is 93.7 Å². The Morgan fingerprint density at radius 1 is 0.839 bits per heavy atom. The van der Waals surface area contributed by atoms with Crippen LogP contribution in [0.5, 0.6) is 0 Å². The van der Waals surface area contributed by atoms with Gasteiger partial charge in [0.05, 0.1) is 0 Å². The summed E-state index contributed by atoms with van der Waals surface area (Å²) in [7, 11) is 0. The van der Waals surface area contributed by atoms with Crippen molar-refractivity contribution in [1.29, 1.82) is 0 Å². The zero-order chi connectivity index (χ0) is 40.8. The van der Waals surface area contributed by atoms with Crippen molar-refractivity contribution < 1.29 is 0 Å². The standard InChI is InChI=1S/C54H66N2/c1-13-20-44(21-14-2)56(45-29-26-42(27-30-45)53(7,8)9)38(6)47-33-34-49(52-48(40-22-18-17-19-23-40)32-24-39(16-4)51(47)52)46(37(5)15-3)31-25-41-36-43(54(10,11)12)28-35-50(41)55/h13-14,17-37,41,50H,1,15-16,55H2,2-12H3/b21-14-,31-25+,44-20+,47-38+,49-46+. The Hall–Kier alpha value is -4.92. The fraction of sp³-hybridized carbons (Fsp3) is 0.333. The van der Waals surface area contributed by atoms with Crippen molar-refractivity contribution in [2.45, 2.75) is 100 Å². The molecular weight excluding hydrogens is 677 g/mol. The number of fused-ring (bicyclic) bond motifs is 1. The van der Waals surface area contributed by atoms with Crippen molar-refractivity contribution in [1.82, 2.24) is 0 Å². The van der Waals surface area contributed by atoms with Crippen LogP contribution in [0, 0.1) is 17.3 Å². The lowest BCUT2D eigenvalue weighted by Gasteiger charge is -2.29. The van der Waals surface area contributed by atoms with E-state index in [1.165, 1.54) is 54.6 Å². The van der Waals surface area contributed by atoms with Crippen LogP contribution in [0.3, 0.4) is 0 Å². The monoisotopic (exact) mass is 743 g/mol. The smallest absolute Gasteiger partial charge is 0.0458 e. The molecule has 3 atom stereocenters. The van der Waals surface area contributed by atoms with Crippen LogP contribution >= 0.6 is 0 Å². The third kappa shape index (κ3) is 9.20. The second-order valence-electron chi connectivity index (χ2n) is 17.5. The Bertz CT molecular complexity index is 2290. The summed E-state index contributed by atoms with van der Waals surface area (Å²) in [5.74, 6) is 0.449. The lowest BCUT2D eigenvalue weighted by molar-refractivity contribution is 0.502. The summed E-state index contributed by atoms with van der Waals surface area (Å²) in [6, 6.07) is 29.4. The van der Waals surface area contributed by atoms with E-state index < -0.39 is 0 Å². The average Bonchev–Trinajstić information content (AvgIpc) is 3.17. The van der Waals surface area contributed by atoms with Gasteiger partial charge < -0.3 is 10.6 Å². The molecule has 3 unspecified atom stereocenters. The van der Waals surface area contributed by atoms with Crippen molar-refractivity contribution in [3.8, 4) is 11.1 Å². The first-order valence-electron chi connectivity index (χ1n) is 20.7. The minimum Gasteiger partial charge on any atom is -0.324 e. The summed E-state index contributed by atoms with van der Waals surface area (Å²) in [5, 5.41) is 5.12. The molecule has 0 amide bonds. The van der Waals surface area contributed by atoms with E-state index in [-0.39, 0.29) is 22.8 Å². The van der Waals surface area contributed by atoms with Crippen LogP contribution in [0.25, 0.3) is 33.2 Å². The van der Waals surface area contributed by atoms with Gasteiger partial charge in [-0.3, -0.25) is 0 Å². The van der Waals surface area contributed by atoms with Crippen LogP contribution in [0.4, 0.5) is 5.69 Å². The van der Waals surface area contributed by atoms with E-state index >= 15 is 0 Å². The first-order chi connectivity index (χ1) is 26.6. The molecule has 1 aliphatic rings. The minimum absolute atomic E-state index is 0.0584. The van der Waals surface area contributed by atoms with Crippen molar-refractivity contribution in [3.63, 3.8) is 0 Å². The highest BCUT2D eigenvalue weighted by Gasteiger charge is 2.23. The van der Waals surface area contributed by atoms with E-state index in [2.05, 4.69) is 215 Å². The zero-order valence-electron chi connectivity index (χ0n) is 36.1. The summed E-state index contributed by atoms with van der Waals surface area (Å²) in [4.78, 5) is 2.40. The first kappa shape index (κ1) is 42.2. The SMILES string of the molecule is C=C/C=C(\C=C/C)N(/C(C)=c1\cc/c(=C(/C=C/C2C=C(C(C)(C)C)C=CC2N)C(C)CC)c2c(-c3ccccc3)ccc(CC)c12)c1ccc(C(C)(C)C)cc1. The molecule has 2 N–H and O–H groups in total. The molecule has 0 saturated heterocycles. The molecule has 0 spiro atoms. The van der Waals surface area contributed by atoms with Crippen molar-refractivity contribution in [3.05, 3.63) is 173 Å². The van der Waals surface area contributed by atoms with E-state index in [1.54, 1.807) is 0 Å². The number of allylic oxidation sites excluding steroid dienone is 7. The van der Waals surface area contributed by atoms with E-state index in [0.717, 1.165) is 29.9 Å². The largest absolute Gasteiger partial charge is 0.324 e. The van der Waals surface area contributed by atoms with Crippen molar-refractivity contribution in [2.75, 3.05) is 4.90 Å². The minimum atomic E-state index is -0.0584. The Morgan fingerprint density at radius 2 is 1.52 bits per heavy atom. The topological polar surface area (TPSA) is 29.3 Å². The predicted octanol–water partition coefficient (Wildman–Crippen LogP) is 12.9. The molecule has 56 heavy (non-hydrogen) atoms. The van der Waals surface area contributed by atoms with Gasteiger partial charge in [-0.1, -0.05) is 178 Å². The van der Waals surface area contributed by atoms with Crippen LogP contribution in [0.15, 0.2) is 151 Å². The highest BCUT2D eigenvalue weighted by atomic mass is 15.1. The number of anilines is 1.